The predicted molar refractivity (Wildman–Crippen MR) is 195 cm³/mol. The number of carbonyl (C=O) groups is 2. The molecule has 4 N–H and O–H groups in total. The first-order valence-electron chi connectivity index (χ1n) is 19.5. The Bertz CT molecular complexity index is 1370. The van der Waals surface area contributed by atoms with Gasteiger partial charge in [-0.25, -0.2) is 0 Å². The van der Waals surface area contributed by atoms with Crippen LogP contribution in [0, 0.1) is 17.8 Å². The molecule has 0 aliphatic carbocycles. The van der Waals surface area contributed by atoms with Crippen LogP contribution < -0.4 is 5.32 Å². The Labute approximate surface area is 314 Å². The molecule has 4 aliphatic rings. The van der Waals surface area contributed by atoms with Crippen LogP contribution in [0.3, 0.4) is 0 Å². The average Bonchev–Trinajstić information content (AvgIpc) is 3.63. The van der Waals surface area contributed by atoms with Crippen LogP contribution in [-0.4, -0.2) is 143 Å². The quantitative estimate of drug-likeness (QED) is 0.324. The van der Waals surface area contributed by atoms with Crippen molar-refractivity contribution in [1.29, 1.82) is 0 Å². The van der Waals surface area contributed by atoms with E-state index in [4.69, 9.17) is 28.1 Å². The molecule has 14 atom stereocenters. The lowest BCUT2D eigenvalue weighted by Crippen LogP contribution is -2.60. The zero-order valence-electron chi connectivity index (χ0n) is 33.3. The fourth-order valence-electron chi connectivity index (χ4n) is 9.17. The van der Waals surface area contributed by atoms with Crippen molar-refractivity contribution in [3.8, 4) is 0 Å². The van der Waals surface area contributed by atoms with Crippen LogP contribution in [-0.2, 0) is 28.5 Å². The van der Waals surface area contributed by atoms with Crippen LogP contribution in [0.5, 0.6) is 0 Å². The summed E-state index contributed by atoms with van der Waals surface area (Å²) in [4.78, 5) is 31.3. The maximum Gasteiger partial charge on any atom is 0.311 e. The Kier molecular flexibility index (Phi) is 13.1. The van der Waals surface area contributed by atoms with Crippen molar-refractivity contribution in [2.45, 2.75) is 159 Å². The van der Waals surface area contributed by atoms with Gasteiger partial charge >= 0.3 is 5.97 Å². The summed E-state index contributed by atoms with van der Waals surface area (Å²) in [6.45, 7) is 16.0. The van der Waals surface area contributed by atoms with Crippen molar-refractivity contribution in [2.75, 3.05) is 33.7 Å². The first-order chi connectivity index (χ1) is 24.8. The fourth-order valence-corrected chi connectivity index (χ4v) is 9.17. The van der Waals surface area contributed by atoms with Gasteiger partial charge in [-0.05, 0) is 86.5 Å². The zero-order chi connectivity index (χ0) is 39.0. The van der Waals surface area contributed by atoms with E-state index in [2.05, 4.69) is 12.2 Å². The normalized spacial score (nSPS) is 43.2. The summed E-state index contributed by atoms with van der Waals surface area (Å²) in [6, 6.07) is 0.894. The molecule has 5 rings (SSSR count). The predicted octanol–water partition coefficient (Wildman–Crippen LogP) is 2.92. The second-order valence-electron chi connectivity index (χ2n) is 17.0. The lowest BCUT2D eigenvalue weighted by atomic mass is 9.78. The molecule has 53 heavy (non-hydrogen) atoms. The molecule has 0 aromatic carbocycles. The summed E-state index contributed by atoms with van der Waals surface area (Å²) in [7, 11) is 3.85. The molecule has 2 bridgehead atoms. The molecule has 14 nitrogen and oxygen atoms in total. The van der Waals surface area contributed by atoms with Crippen LogP contribution in [0.15, 0.2) is 23.0 Å². The van der Waals surface area contributed by atoms with Crippen LogP contribution in [0.1, 0.15) is 97.9 Å². The molecule has 4 saturated heterocycles. The van der Waals surface area contributed by atoms with E-state index in [0.29, 0.717) is 50.9 Å². The highest BCUT2D eigenvalue weighted by molar-refractivity contribution is 5.93. The van der Waals surface area contributed by atoms with Crippen molar-refractivity contribution in [2.24, 2.45) is 17.8 Å². The van der Waals surface area contributed by atoms with E-state index < -0.39 is 77.6 Å². The Balaban J connectivity index is 1.58. The molecule has 0 saturated carbocycles. The highest BCUT2D eigenvalue weighted by atomic mass is 16.7. The molecule has 1 aromatic heterocycles. The van der Waals surface area contributed by atoms with Gasteiger partial charge in [0.15, 0.2) is 12.1 Å². The standard InChI is InChI=1S/C39H65N3O11/c1-11-29-38(8,47)32(44)26(6)40-20-22(2)19-37(7)33(51-36-30(43)28(41(9)10)18-23(3)49-36)24(4)31(25(5)35(46)50-29)52-39(53-37)13-15-42(16-14-39)34(45)27-12-17-48-21-27/h12,17,21-26,28-33,36,40,43-44,47H,11,13-16,18-20H2,1-10H3/t22-,23-,24+,25-,26-,28+,29-,30-,31+,32-,33-,36+,37-,38-/m1/s1. The lowest BCUT2D eigenvalue weighted by molar-refractivity contribution is -0.331. The third-order valence-corrected chi connectivity index (χ3v) is 12.3. The number of rotatable bonds is 5. The van der Waals surface area contributed by atoms with Gasteiger partial charge in [0.05, 0.1) is 41.7 Å². The smallest absolute Gasteiger partial charge is 0.311 e. The summed E-state index contributed by atoms with van der Waals surface area (Å²) >= 11 is 0. The number of nitrogens with one attached hydrogen (secondary N) is 1. The summed E-state index contributed by atoms with van der Waals surface area (Å²) in [6.07, 6.45) is -0.992. The number of likely N-dealkylation sites (N-methyl/N-ethyl adjacent to an activating group) is 1. The van der Waals surface area contributed by atoms with Crippen molar-refractivity contribution < 1.29 is 53.0 Å². The Hall–Kier alpha value is -2.14. The minimum absolute atomic E-state index is 0.0395. The van der Waals surface area contributed by atoms with Gasteiger partial charge in [0.2, 0.25) is 0 Å². The maximum absolute atomic E-state index is 14.2. The number of likely N-dealkylation sites (tertiary alicyclic amines) is 1. The van der Waals surface area contributed by atoms with Gasteiger partial charge in [0.1, 0.15) is 30.2 Å². The number of cyclic esters (lactones) is 1. The topological polar surface area (TPSA) is 173 Å². The third kappa shape index (κ3) is 8.81. The highest BCUT2D eigenvalue weighted by Gasteiger charge is 2.58. The molecule has 1 amide bonds. The van der Waals surface area contributed by atoms with Crippen molar-refractivity contribution >= 4 is 11.9 Å². The van der Waals surface area contributed by atoms with E-state index in [1.54, 1.807) is 31.7 Å². The average molecular weight is 752 g/mol. The van der Waals surface area contributed by atoms with Crippen LogP contribution >= 0.6 is 0 Å². The van der Waals surface area contributed by atoms with E-state index in [1.807, 2.05) is 39.8 Å². The number of amides is 1. The molecule has 302 valence electrons. The number of piperidine rings is 1. The lowest BCUT2D eigenvalue weighted by Gasteiger charge is -2.49. The number of carbonyl (C=O) groups excluding carboxylic acids is 2. The molecule has 5 heterocycles. The van der Waals surface area contributed by atoms with Gasteiger partial charge in [-0.15, -0.1) is 0 Å². The fraction of sp³-hybridized carbons (Fsp3) is 0.846. The van der Waals surface area contributed by atoms with Crippen LogP contribution in [0.4, 0.5) is 0 Å². The number of furan rings is 1. The Morgan fingerprint density at radius 2 is 1.79 bits per heavy atom. The molecular formula is C39H65N3O11. The summed E-state index contributed by atoms with van der Waals surface area (Å²) < 4.78 is 38.9. The van der Waals surface area contributed by atoms with Crippen molar-refractivity contribution in [3.63, 3.8) is 0 Å². The number of aliphatic hydroxyl groups excluding tert-OH is 2. The van der Waals surface area contributed by atoms with E-state index >= 15 is 0 Å². The second-order valence-corrected chi connectivity index (χ2v) is 17.0. The number of aliphatic hydroxyl groups is 3. The summed E-state index contributed by atoms with van der Waals surface area (Å²) in [5.74, 6) is -3.34. The first-order valence-corrected chi connectivity index (χ1v) is 19.5. The second kappa shape index (κ2) is 16.5. The first kappa shape index (κ1) is 42.0. The number of ether oxygens (including phenoxy) is 5. The molecule has 1 spiro atoms. The number of nitrogens with zero attached hydrogens (tertiary/aromatic N) is 2. The van der Waals surface area contributed by atoms with E-state index in [9.17, 15) is 24.9 Å². The van der Waals surface area contributed by atoms with Crippen molar-refractivity contribution in [1.82, 2.24) is 15.1 Å². The highest BCUT2D eigenvalue weighted by Crippen LogP contribution is 2.48. The minimum Gasteiger partial charge on any atom is -0.472 e. The number of fused-ring (bicyclic) bond motifs is 3. The van der Waals surface area contributed by atoms with Crippen LogP contribution in [0.25, 0.3) is 0 Å². The molecule has 0 radical (unpaired) electrons. The molecule has 4 fully saturated rings. The van der Waals surface area contributed by atoms with Gasteiger partial charge in [0, 0.05) is 43.9 Å². The molecule has 0 unspecified atom stereocenters. The molecule has 14 heteroatoms. The monoisotopic (exact) mass is 751 g/mol. The minimum atomic E-state index is -1.74. The van der Waals surface area contributed by atoms with Gasteiger partial charge < -0.3 is 58.5 Å². The summed E-state index contributed by atoms with van der Waals surface area (Å²) in [5, 5.41) is 38.0. The molecule has 1 aromatic rings. The zero-order valence-corrected chi connectivity index (χ0v) is 33.3. The number of hydrogen-bond acceptors (Lipinski definition) is 13. The molecular weight excluding hydrogens is 686 g/mol. The maximum atomic E-state index is 14.2. The van der Waals surface area contributed by atoms with Gasteiger partial charge in [-0.3, -0.25) is 9.59 Å². The van der Waals surface area contributed by atoms with E-state index in [1.165, 1.54) is 19.5 Å². The Morgan fingerprint density at radius 3 is 2.40 bits per heavy atom. The number of esters is 1. The van der Waals surface area contributed by atoms with Gasteiger partial charge in [0.25, 0.3) is 5.91 Å². The van der Waals surface area contributed by atoms with E-state index in [-0.39, 0.29) is 30.4 Å². The van der Waals surface area contributed by atoms with E-state index in [0.717, 1.165) is 0 Å². The SMILES string of the molecule is CC[C@H]1OC(=O)[C@H](C)[C@H]2OC3(CCN(C(=O)c4ccoc4)CC3)O[C@](C)(C[C@@H](C)CN[C@H](C)[C@@H](O)[C@]1(C)O)[C@H](O[C@@H]1O[C@H](C)C[C@H](N(C)C)[C@H]1O)[C@H]2C. The van der Waals surface area contributed by atoms with Crippen LogP contribution in [0.2, 0.25) is 0 Å². The largest absolute Gasteiger partial charge is 0.472 e. The number of hydrogen-bond donors (Lipinski definition) is 4. The van der Waals surface area contributed by atoms with Gasteiger partial charge in [-0.1, -0.05) is 20.8 Å². The third-order valence-electron chi connectivity index (χ3n) is 12.3. The molecule has 4 aliphatic heterocycles. The summed E-state index contributed by atoms with van der Waals surface area (Å²) in [5.41, 5.74) is -2.33. The Morgan fingerprint density at radius 1 is 1.11 bits per heavy atom. The van der Waals surface area contributed by atoms with Gasteiger partial charge in [-0.2, -0.15) is 0 Å². The van der Waals surface area contributed by atoms with Crippen molar-refractivity contribution in [3.05, 3.63) is 24.2 Å².